The third-order valence-corrected chi connectivity index (χ3v) is 7.40. The highest BCUT2D eigenvalue weighted by Gasteiger charge is 2.31. The molecule has 0 N–H and O–H groups in total. The van der Waals surface area contributed by atoms with E-state index in [1.54, 1.807) is 6.08 Å². The summed E-state index contributed by atoms with van der Waals surface area (Å²) in [6.07, 6.45) is 3.29. The number of carbonyl (C=O) groups excluding carboxylic acids is 2. The van der Waals surface area contributed by atoms with Crippen molar-refractivity contribution >= 4 is 73.8 Å². The molecule has 3 rings (SSSR count). The molecule has 1 saturated heterocycles. The van der Waals surface area contributed by atoms with Crippen LogP contribution in [0, 0.1) is 0 Å². The van der Waals surface area contributed by atoms with Gasteiger partial charge in [0.15, 0.2) is 11.5 Å². The minimum atomic E-state index is -0.261. The second-order valence-electron chi connectivity index (χ2n) is 7.80. The molecule has 1 heterocycles. The van der Waals surface area contributed by atoms with E-state index >= 15 is 0 Å². The van der Waals surface area contributed by atoms with E-state index in [-0.39, 0.29) is 24.9 Å². The van der Waals surface area contributed by atoms with E-state index < -0.39 is 0 Å². The van der Waals surface area contributed by atoms with Gasteiger partial charge in [-0.25, -0.2) is 0 Å². The Bertz CT molecular complexity index is 1160. The van der Waals surface area contributed by atoms with E-state index in [1.165, 1.54) is 16.7 Å². The van der Waals surface area contributed by atoms with Gasteiger partial charge in [0.2, 0.25) is 0 Å². The van der Waals surface area contributed by atoms with Gasteiger partial charge in [0.1, 0.15) is 10.9 Å². The molecule has 0 bridgehead atoms. The van der Waals surface area contributed by atoms with Crippen LogP contribution in [0.5, 0.6) is 11.5 Å². The predicted molar refractivity (Wildman–Crippen MR) is 151 cm³/mol. The van der Waals surface area contributed by atoms with Gasteiger partial charge in [0.05, 0.1) is 22.6 Å². The Kier molecular flexibility index (Phi) is 11.1. The maximum atomic E-state index is 13.0. The summed E-state index contributed by atoms with van der Waals surface area (Å²) >= 11 is 16.5. The van der Waals surface area contributed by atoms with E-state index in [2.05, 4.69) is 15.9 Å². The van der Waals surface area contributed by atoms with Crippen LogP contribution in [0.2, 0.25) is 5.02 Å². The fraction of sp³-hybridized carbons (Fsp3) is 0.346. The molecule has 0 radical (unpaired) electrons. The van der Waals surface area contributed by atoms with E-state index in [1.807, 2.05) is 50.2 Å². The number of amides is 1. The first-order valence-electron chi connectivity index (χ1n) is 11.6. The molecule has 10 heteroatoms. The molecule has 1 amide bonds. The summed E-state index contributed by atoms with van der Waals surface area (Å²) in [5, 5.41) is 0.628. The predicted octanol–water partition coefficient (Wildman–Crippen LogP) is 7.01. The number of esters is 1. The number of hydrogen-bond donors (Lipinski definition) is 0. The van der Waals surface area contributed by atoms with Crippen LogP contribution in [0.25, 0.3) is 6.08 Å². The van der Waals surface area contributed by atoms with E-state index in [4.69, 9.17) is 38.0 Å². The molecule has 0 aromatic heterocycles. The Morgan fingerprint density at radius 1 is 1.22 bits per heavy atom. The number of carbonyl (C=O) groups is 2. The van der Waals surface area contributed by atoms with E-state index in [0.717, 1.165) is 17.5 Å². The average molecular weight is 613 g/mol. The third kappa shape index (κ3) is 7.71. The highest BCUT2D eigenvalue weighted by molar-refractivity contribution is 9.10. The molecule has 0 aliphatic carbocycles. The first-order chi connectivity index (χ1) is 17.3. The lowest BCUT2D eigenvalue weighted by Gasteiger charge is -2.15. The molecule has 1 aliphatic rings. The number of thioether (sulfide) groups is 1. The summed E-state index contributed by atoms with van der Waals surface area (Å²) in [5.41, 5.74) is 1.62. The number of benzene rings is 2. The molecule has 1 fully saturated rings. The Labute approximate surface area is 234 Å². The van der Waals surface area contributed by atoms with Crippen LogP contribution in [-0.2, 0) is 20.9 Å². The Balaban J connectivity index is 1.72. The molecule has 36 heavy (non-hydrogen) atoms. The molecule has 192 valence electrons. The summed E-state index contributed by atoms with van der Waals surface area (Å²) in [7, 11) is 0. The first-order valence-corrected chi connectivity index (χ1v) is 14.0. The van der Waals surface area contributed by atoms with Gasteiger partial charge in [-0.1, -0.05) is 60.7 Å². The van der Waals surface area contributed by atoms with Crippen LogP contribution >= 0.6 is 51.5 Å². The Morgan fingerprint density at radius 2 is 2.00 bits per heavy atom. The topological polar surface area (TPSA) is 65.1 Å². The fourth-order valence-corrected chi connectivity index (χ4v) is 5.43. The number of rotatable bonds is 12. The van der Waals surface area contributed by atoms with Crippen LogP contribution in [0.1, 0.15) is 44.2 Å². The van der Waals surface area contributed by atoms with Crippen LogP contribution in [0.4, 0.5) is 0 Å². The van der Waals surface area contributed by atoms with Crippen molar-refractivity contribution in [2.45, 2.75) is 39.7 Å². The third-order valence-electron chi connectivity index (χ3n) is 5.06. The van der Waals surface area contributed by atoms with Crippen molar-refractivity contribution in [1.82, 2.24) is 4.90 Å². The molecule has 2 aromatic carbocycles. The summed E-state index contributed by atoms with van der Waals surface area (Å²) in [6, 6.07) is 11.2. The molecule has 2 aromatic rings. The van der Waals surface area contributed by atoms with Crippen LogP contribution in [0.3, 0.4) is 0 Å². The van der Waals surface area contributed by atoms with Gasteiger partial charge in [-0.05, 0) is 65.5 Å². The average Bonchev–Trinajstić information content (AvgIpc) is 3.10. The van der Waals surface area contributed by atoms with Crippen molar-refractivity contribution in [3.63, 3.8) is 0 Å². The fourth-order valence-electron chi connectivity index (χ4n) is 3.35. The minimum absolute atomic E-state index is 0.181. The second-order valence-corrected chi connectivity index (χ2v) is 10.7. The lowest BCUT2D eigenvalue weighted by Crippen LogP contribution is -2.29. The molecule has 0 saturated carbocycles. The van der Waals surface area contributed by atoms with Gasteiger partial charge in [-0.2, -0.15) is 0 Å². The second kappa shape index (κ2) is 14.0. The largest absolute Gasteiger partial charge is 0.490 e. The Morgan fingerprint density at radius 3 is 2.72 bits per heavy atom. The summed E-state index contributed by atoms with van der Waals surface area (Å²) in [5.74, 6) is 0.658. The zero-order chi connectivity index (χ0) is 26.1. The van der Waals surface area contributed by atoms with Crippen molar-refractivity contribution < 1.29 is 23.8 Å². The minimum Gasteiger partial charge on any atom is -0.490 e. The molecular formula is C26H27BrClNO5S2. The molecule has 0 unspecified atom stereocenters. The molecule has 0 spiro atoms. The van der Waals surface area contributed by atoms with Gasteiger partial charge in [0.25, 0.3) is 5.91 Å². The lowest BCUT2D eigenvalue weighted by atomic mass is 10.1. The smallest absolute Gasteiger partial charge is 0.305 e. The van der Waals surface area contributed by atoms with E-state index in [0.29, 0.717) is 56.4 Å². The number of halogens is 2. The van der Waals surface area contributed by atoms with Gasteiger partial charge in [-0.3, -0.25) is 14.5 Å². The molecule has 1 aliphatic heterocycles. The van der Waals surface area contributed by atoms with Gasteiger partial charge in [0, 0.05) is 23.6 Å². The quantitative estimate of drug-likeness (QED) is 0.145. The molecular weight excluding hydrogens is 586 g/mol. The number of nitrogens with zero attached hydrogens (tertiary/aromatic N) is 1. The van der Waals surface area contributed by atoms with Gasteiger partial charge in [-0.15, -0.1) is 0 Å². The maximum Gasteiger partial charge on any atom is 0.305 e. The van der Waals surface area contributed by atoms with Crippen molar-refractivity contribution in [3.05, 3.63) is 61.9 Å². The zero-order valence-electron chi connectivity index (χ0n) is 20.1. The van der Waals surface area contributed by atoms with Gasteiger partial charge < -0.3 is 14.2 Å². The summed E-state index contributed by atoms with van der Waals surface area (Å²) in [6.45, 7) is 5.33. The zero-order valence-corrected chi connectivity index (χ0v) is 24.0. The molecule has 6 nitrogen and oxygen atoms in total. The van der Waals surface area contributed by atoms with Crippen LogP contribution in [0.15, 0.2) is 45.8 Å². The monoisotopic (exact) mass is 611 g/mol. The van der Waals surface area contributed by atoms with Crippen molar-refractivity contribution in [2.24, 2.45) is 0 Å². The highest BCUT2D eigenvalue weighted by atomic mass is 79.9. The SMILES string of the molecule is CCCOC(=O)CCCN1C(=O)/C(=C/c2cc(Br)c(OCc3ccccc3Cl)c(OCC)c2)SC1=S. The Hall–Kier alpha value is -2.07. The van der Waals surface area contributed by atoms with Crippen LogP contribution in [-0.4, -0.2) is 40.9 Å². The maximum absolute atomic E-state index is 13.0. The summed E-state index contributed by atoms with van der Waals surface area (Å²) in [4.78, 5) is 26.7. The standard InChI is InChI=1S/C26H27BrClNO5S2/c1-3-12-33-23(30)10-7-11-29-25(31)22(36-26(29)35)15-17-13-19(27)24(21(14-17)32-4-2)34-16-18-8-5-6-9-20(18)28/h5-6,8-9,13-15H,3-4,7,10-12,16H2,1-2H3/b22-15-. The summed E-state index contributed by atoms with van der Waals surface area (Å²) < 4.78 is 18.1. The number of thiocarbonyl (C=S) groups is 1. The van der Waals surface area contributed by atoms with Crippen LogP contribution < -0.4 is 9.47 Å². The van der Waals surface area contributed by atoms with E-state index in [9.17, 15) is 9.59 Å². The van der Waals surface area contributed by atoms with Gasteiger partial charge >= 0.3 is 5.97 Å². The lowest BCUT2D eigenvalue weighted by molar-refractivity contribution is -0.144. The van der Waals surface area contributed by atoms with Crippen molar-refractivity contribution in [2.75, 3.05) is 19.8 Å². The highest BCUT2D eigenvalue weighted by Crippen LogP contribution is 2.40. The normalized spacial score (nSPS) is 14.4. The number of hydrogen-bond acceptors (Lipinski definition) is 7. The first kappa shape index (κ1) is 28.5. The molecule has 0 atom stereocenters. The number of ether oxygens (including phenoxy) is 3. The van der Waals surface area contributed by atoms with Crippen molar-refractivity contribution in [1.29, 1.82) is 0 Å². The van der Waals surface area contributed by atoms with Crippen molar-refractivity contribution in [3.8, 4) is 11.5 Å².